The number of carbonyl (C=O) groups excluding carboxylic acids is 1. The Balaban J connectivity index is 2.46. The van der Waals surface area contributed by atoms with Crippen molar-refractivity contribution in [2.24, 2.45) is 0 Å². The van der Waals surface area contributed by atoms with Crippen LogP contribution in [0.4, 0.5) is 5.69 Å². The summed E-state index contributed by atoms with van der Waals surface area (Å²) in [7, 11) is 0. The molecule has 0 aliphatic rings. The van der Waals surface area contributed by atoms with E-state index in [-0.39, 0.29) is 5.91 Å². The maximum absolute atomic E-state index is 11.5. The Morgan fingerprint density at radius 3 is 2.75 bits per heavy atom. The lowest BCUT2D eigenvalue weighted by molar-refractivity contribution is -0.116. The molecule has 0 aromatic heterocycles. The summed E-state index contributed by atoms with van der Waals surface area (Å²) in [6, 6.07) is 5.29. The van der Waals surface area contributed by atoms with Crippen molar-refractivity contribution in [3.8, 4) is 0 Å². The van der Waals surface area contributed by atoms with Crippen LogP contribution in [0, 0.1) is 0 Å². The fourth-order valence-corrected chi connectivity index (χ4v) is 1.86. The molecule has 0 atom stereocenters. The number of unbranched alkanes of at least 4 members (excludes halogenated alkanes) is 1. The Bertz CT molecular complexity index is 371. The second kappa shape index (κ2) is 7.15. The van der Waals surface area contributed by atoms with Crippen molar-refractivity contribution in [1.29, 1.82) is 0 Å². The normalized spacial score (nSPS) is 10.2. The number of nitrogens with one attached hydrogen (secondary N) is 1. The van der Waals surface area contributed by atoms with Crippen LogP contribution in [0.2, 0.25) is 5.02 Å². The minimum absolute atomic E-state index is 0.000612. The van der Waals surface area contributed by atoms with E-state index >= 15 is 0 Å². The fraction of sp³-hybridized carbons (Fsp3) is 0.364. The van der Waals surface area contributed by atoms with Crippen LogP contribution in [0.3, 0.4) is 0 Å². The Labute approximate surface area is 113 Å². The summed E-state index contributed by atoms with van der Waals surface area (Å²) in [5.74, 6) is 0.596. The molecule has 0 bridgehead atoms. The van der Waals surface area contributed by atoms with Crippen molar-refractivity contribution >= 4 is 50.7 Å². The summed E-state index contributed by atoms with van der Waals surface area (Å²) in [6.07, 6.45) is 2.16. The molecule has 88 valence electrons. The number of rotatable bonds is 5. The van der Waals surface area contributed by atoms with Gasteiger partial charge in [-0.3, -0.25) is 4.79 Å². The van der Waals surface area contributed by atoms with Crippen LogP contribution >= 0.6 is 39.1 Å². The molecule has 1 amide bonds. The molecule has 1 aromatic carbocycles. The first-order chi connectivity index (χ1) is 7.63. The number of halogens is 3. The highest BCUT2D eigenvalue weighted by Gasteiger charge is 2.03. The standard InChI is InChI=1S/C11H12BrCl2NO/c12-9-7-8(4-5-10(9)14)15-11(16)3-1-2-6-13/h4-5,7H,1-3,6H2,(H,15,16). The van der Waals surface area contributed by atoms with E-state index in [9.17, 15) is 4.79 Å². The summed E-state index contributed by atoms with van der Waals surface area (Å²) in [4.78, 5) is 11.5. The van der Waals surface area contributed by atoms with E-state index in [0.29, 0.717) is 17.3 Å². The van der Waals surface area contributed by atoms with Crippen LogP contribution in [0.5, 0.6) is 0 Å². The average molecular weight is 325 g/mol. The molecule has 0 aliphatic carbocycles. The molecule has 0 saturated heterocycles. The summed E-state index contributed by atoms with van der Waals surface area (Å²) < 4.78 is 0.771. The minimum atomic E-state index is -0.000612. The predicted molar refractivity (Wildman–Crippen MR) is 72.4 cm³/mol. The maximum atomic E-state index is 11.5. The summed E-state index contributed by atoms with van der Waals surface area (Å²) in [5, 5.41) is 3.42. The zero-order valence-corrected chi connectivity index (χ0v) is 11.7. The number of hydrogen-bond donors (Lipinski definition) is 1. The third-order valence-corrected chi connectivity index (χ3v) is 3.47. The van der Waals surface area contributed by atoms with Gasteiger partial charge >= 0.3 is 0 Å². The number of anilines is 1. The van der Waals surface area contributed by atoms with Crippen molar-refractivity contribution in [2.45, 2.75) is 19.3 Å². The van der Waals surface area contributed by atoms with Gasteiger partial charge in [-0.25, -0.2) is 0 Å². The molecule has 0 unspecified atom stereocenters. The number of amides is 1. The topological polar surface area (TPSA) is 29.1 Å². The monoisotopic (exact) mass is 323 g/mol. The van der Waals surface area contributed by atoms with Gasteiger partial charge < -0.3 is 5.32 Å². The first-order valence-corrected chi connectivity index (χ1v) is 6.65. The molecule has 2 nitrogen and oxygen atoms in total. The molecule has 0 radical (unpaired) electrons. The van der Waals surface area contributed by atoms with E-state index in [0.717, 1.165) is 23.0 Å². The predicted octanol–water partition coefficient (Wildman–Crippen LogP) is 4.45. The van der Waals surface area contributed by atoms with E-state index in [4.69, 9.17) is 23.2 Å². The molecular weight excluding hydrogens is 313 g/mol. The van der Waals surface area contributed by atoms with Gasteiger partial charge in [0.05, 0.1) is 5.02 Å². The van der Waals surface area contributed by atoms with Crippen molar-refractivity contribution in [1.82, 2.24) is 0 Å². The van der Waals surface area contributed by atoms with E-state index in [2.05, 4.69) is 21.2 Å². The minimum Gasteiger partial charge on any atom is -0.326 e. The van der Waals surface area contributed by atoms with Gasteiger partial charge in [0.1, 0.15) is 0 Å². The van der Waals surface area contributed by atoms with E-state index in [1.165, 1.54) is 0 Å². The Morgan fingerprint density at radius 2 is 2.12 bits per heavy atom. The highest BCUT2D eigenvalue weighted by Crippen LogP contribution is 2.25. The molecule has 0 spiro atoms. The van der Waals surface area contributed by atoms with Crippen LogP contribution in [0.25, 0.3) is 0 Å². The smallest absolute Gasteiger partial charge is 0.224 e. The van der Waals surface area contributed by atoms with Crippen LogP contribution < -0.4 is 5.32 Å². The molecule has 1 rings (SSSR count). The maximum Gasteiger partial charge on any atom is 0.224 e. The molecule has 0 fully saturated rings. The second-order valence-corrected chi connectivity index (χ2v) is 4.96. The highest BCUT2D eigenvalue weighted by molar-refractivity contribution is 9.10. The van der Waals surface area contributed by atoms with Crippen LogP contribution in [-0.2, 0) is 4.79 Å². The molecule has 0 saturated carbocycles. The third-order valence-electron chi connectivity index (χ3n) is 1.99. The Morgan fingerprint density at radius 1 is 1.38 bits per heavy atom. The van der Waals surface area contributed by atoms with Gasteiger partial charge in [-0.05, 0) is 47.0 Å². The van der Waals surface area contributed by atoms with E-state index < -0.39 is 0 Å². The first kappa shape index (κ1) is 13.8. The lowest BCUT2D eigenvalue weighted by Crippen LogP contribution is -2.11. The lowest BCUT2D eigenvalue weighted by Gasteiger charge is -2.05. The molecule has 0 heterocycles. The average Bonchev–Trinajstić information content (AvgIpc) is 2.24. The molecule has 0 aliphatic heterocycles. The Kier molecular flexibility index (Phi) is 6.17. The molecule has 1 aromatic rings. The number of carbonyl (C=O) groups is 1. The molecule has 16 heavy (non-hydrogen) atoms. The molecule has 5 heteroatoms. The summed E-state index contributed by atoms with van der Waals surface area (Å²) in [6.45, 7) is 0. The zero-order chi connectivity index (χ0) is 12.0. The zero-order valence-electron chi connectivity index (χ0n) is 8.60. The second-order valence-electron chi connectivity index (χ2n) is 3.32. The number of hydrogen-bond acceptors (Lipinski definition) is 1. The van der Waals surface area contributed by atoms with Crippen LogP contribution in [0.15, 0.2) is 22.7 Å². The first-order valence-electron chi connectivity index (χ1n) is 4.94. The van der Waals surface area contributed by atoms with Crippen molar-refractivity contribution in [3.63, 3.8) is 0 Å². The van der Waals surface area contributed by atoms with Crippen LogP contribution in [-0.4, -0.2) is 11.8 Å². The van der Waals surface area contributed by atoms with Crippen molar-refractivity contribution in [3.05, 3.63) is 27.7 Å². The Hall–Kier alpha value is -0.250. The number of alkyl halides is 1. The molecule has 1 N–H and O–H groups in total. The third kappa shape index (κ3) is 4.73. The summed E-state index contributed by atoms with van der Waals surface area (Å²) >= 11 is 14.7. The van der Waals surface area contributed by atoms with Gasteiger partial charge in [0.25, 0.3) is 0 Å². The van der Waals surface area contributed by atoms with E-state index in [1.54, 1.807) is 18.2 Å². The quantitative estimate of drug-likeness (QED) is 0.629. The van der Waals surface area contributed by atoms with Gasteiger partial charge in [0.2, 0.25) is 5.91 Å². The molecular formula is C11H12BrCl2NO. The lowest BCUT2D eigenvalue weighted by atomic mass is 10.2. The van der Waals surface area contributed by atoms with Crippen LogP contribution in [0.1, 0.15) is 19.3 Å². The van der Waals surface area contributed by atoms with Crippen molar-refractivity contribution in [2.75, 3.05) is 11.2 Å². The van der Waals surface area contributed by atoms with Gasteiger partial charge in [-0.2, -0.15) is 0 Å². The van der Waals surface area contributed by atoms with Gasteiger partial charge in [0.15, 0.2) is 0 Å². The fourth-order valence-electron chi connectivity index (χ4n) is 1.18. The van der Waals surface area contributed by atoms with Gasteiger partial charge in [0, 0.05) is 22.5 Å². The highest BCUT2D eigenvalue weighted by atomic mass is 79.9. The van der Waals surface area contributed by atoms with E-state index in [1.807, 2.05) is 0 Å². The van der Waals surface area contributed by atoms with Crippen molar-refractivity contribution < 1.29 is 4.79 Å². The van der Waals surface area contributed by atoms with Gasteiger partial charge in [-0.15, -0.1) is 11.6 Å². The largest absolute Gasteiger partial charge is 0.326 e. The number of benzene rings is 1. The van der Waals surface area contributed by atoms with Gasteiger partial charge in [-0.1, -0.05) is 11.6 Å². The summed E-state index contributed by atoms with van der Waals surface area (Å²) in [5.41, 5.74) is 0.743. The SMILES string of the molecule is O=C(CCCCCl)Nc1ccc(Cl)c(Br)c1.